The minimum atomic E-state index is -3.82. The summed E-state index contributed by atoms with van der Waals surface area (Å²) in [6.07, 6.45) is 1.54. The van der Waals surface area contributed by atoms with Crippen molar-refractivity contribution in [3.63, 3.8) is 0 Å². The van der Waals surface area contributed by atoms with E-state index in [9.17, 15) is 8.42 Å². The van der Waals surface area contributed by atoms with Gasteiger partial charge in [-0.1, -0.05) is 12.1 Å². The molecule has 6 nitrogen and oxygen atoms in total. The van der Waals surface area contributed by atoms with Crippen molar-refractivity contribution in [2.45, 2.75) is 18.7 Å². The normalized spacial score (nSPS) is 11.1. The summed E-state index contributed by atoms with van der Waals surface area (Å²) >= 11 is 0. The van der Waals surface area contributed by atoms with E-state index in [0.29, 0.717) is 17.1 Å². The van der Waals surface area contributed by atoms with Crippen LogP contribution in [-0.2, 0) is 10.0 Å². The van der Waals surface area contributed by atoms with E-state index in [-0.39, 0.29) is 10.7 Å². The third-order valence-corrected chi connectivity index (χ3v) is 5.56. The molecule has 0 aliphatic rings. The van der Waals surface area contributed by atoms with E-state index >= 15 is 0 Å². The molecule has 0 fully saturated rings. The Morgan fingerprint density at radius 1 is 0.926 bits per heavy atom. The van der Waals surface area contributed by atoms with Crippen LogP contribution < -0.4 is 14.8 Å². The molecule has 0 unspecified atom stereocenters. The Morgan fingerprint density at radius 2 is 1.74 bits per heavy atom. The Hall–Kier alpha value is -3.06. The van der Waals surface area contributed by atoms with Crippen LogP contribution in [0.1, 0.15) is 11.1 Å². The van der Waals surface area contributed by atoms with E-state index in [1.165, 1.54) is 12.3 Å². The number of hydrogen-bond acceptors (Lipinski definition) is 5. The lowest BCUT2D eigenvalue weighted by molar-refractivity contribution is 0.415. The summed E-state index contributed by atoms with van der Waals surface area (Å²) in [6.45, 7) is 3.91. The molecule has 0 bridgehead atoms. The fraction of sp³-hybridized carbons (Fsp3) is 0.150. The molecule has 0 amide bonds. The zero-order valence-electron chi connectivity index (χ0n) is 15.4. The van der Waals surface area contributed by atoms with Crippen molar-refractivity contribution in [2.75, 3.05) is 17.1 Å². The zero-order chi connectivity index (χ0) is 19.4. The number of aromatic nitrogens is 1. The second kappa shape index (κ2) is 7.67. The molecule has 0 aliphatic heterocycles. The van der Waals surface area contributed by atoms with Crippen molar-refractivity contribution in [2.24, 2.45) is 0 Å². The summed E-state index contributed by atoms with van der Waals surface area (Å²) in [5, 5.41) is 3.05. The van der Waals surface area contributed by atoms with Gasteiger partial charge in [-0.15, -0.1) is 0 Å². The number of methoxy groups -OCH3 is 1. The average molecular weight is 383 g/mol. The zero-order valence-corrected chi connectivity index (χ0v) is 16.2. The predicted molar refractivity (Wildman–Crippen MR) is 107 cm³/mol. The first-order chi connectivity index (χ1) is 12.9. The van der Waals surface area contributed by atoms with Crippen LogP contribution in [-0.4, -0.2) is 20.5 Å². The lowest BCUT2D eigenvalue weighted by atomic mass is 10.1. The molecule has 3 aromatic rings. The number of benzene rings is 2. The molecular weight excluding hydrogens is 362 g/mol. The molecule has 0 atom stereocenters. The van der Waals surface area contributed by atoms with Gasteiger partial charge < -0.3 is 10.1 Å². The van der Waals surface area contributed by atoms with E-state index < -0.39 is 10.0 Å². The number of aryl methyl sites for hydroxylation is 2. The Labute approximate surface area is 159 Å². The second-order valence-corrected chi connectivity index (χ2v) is 7.76. The molecule has 140 valence electrons. The van der Waals surface area contributed by atoms with Crippen molar-refractivity contribution in [3.8, 4) is 5.75 Å². The van der Waals surface area contributed by atoms with Crippen LogP contribution in [0.4, 0.5) is 17.2 Å². The maximum Gasteiger partial charge on any atom is 0.265 e. The molecule has 3 rings (SSSR count). The molecule has 2 N–H and O–H groups in total. The molecule has 0 saturated carbocycles. The Bertz CT molecular complexity index is 1070. The number of ether oxygens (including phenoxy) is 1. The minimum absolute atomic E-state index is 0.0612. The van der Waals surface area contributed by atoms with Gasteiger partial charge in [-0.3, -0.25) is 4.72 Å². The van der Waals surface area contributed by atoms with Gasteiger partial charge >= 0.3 is 0 Å². The maximum atomic E-state index is 12.9. The fourth-order valence-corrected chi connectivity index (χ4v) is 3.72. The molecular formula is C20H21N3O3S. The van der Waals surface area contributed by atoms with E-state index in [1.807, 2.05) is 38.1 Å². The van der Waals surface area contributed by atoms with Gasteiger partial charge in [-0.05, 0) is 61.4 Å². The summed E-state index contributed by atoms with van der Waals surface area (Å²) in [6, 6.07) is 15.7. The summed E-state index contributed by atoms with van der Waals surface area (Å²) in [4.78, 5) is 4.26. The van der Waals surface area contributed by atoms with Gasteiger partial charge in [0, 0.05) is 23.6 Å². The van der Waals surface area contributed by atoms with Crippen molar-refractivity contribution < 1.29 is 13.2 Å². The van der Waals surface area contributed by atoms with E-state index in [0.717, 1.165) is 11.1 Å². The summed E-state index contributed by atoms with van der Waals surface area (Å²) < 4.78 is 33.7. The van der Waals surface area contributed by atoms with Crippen LogP contribution in [0.3, 0.4) is 0 Å². The summed E-state index contributed by atoms with van der Waals surface area (Å²) in [5.41, 5.74) is 3.29. The van der Waals surface area contributed by atoms with Crippen molar-refractivity contribution in [1.82, 2.24) is 4.98 Å². The molecule has 1 heterocycles. The molecule has 0 aliphatic carbocycles. The smallest absolute Gasteiger partial charge is 0.265 e. The first-order valence-corrected chi connectivity index (χ1v) is 9.83. The van der Waals surface area contributed by atoms with Crippen LogP contribution in [0.5, 0.6) is 5.75 Å². The molecule has 2 aromatic carbocycles. The third-order valence-electron chi connectivity index (χ3n) is 4.15. The third kappa shape index (κ3) is 4.38. The first-order valence-electron chi connectivity index (χ1n) is 8.35. The minimum Gasteiger partial charge on any atom is -0.497 e. The summed E-state index contributed by atoms with van der Waals surface area (Å²) in [7, 11) is -2.24. The topological polar surface area (TPSA) is 80.3 Å². The number of rotatable bonds is 6. The van der Waals surface area contributed by atoms with Gasteiger partial charge in [-0.2, -0.15) is 0 Å². The largest absolute Gasteiger partial charge is 0.497 e. The van der Waals surface area contributed by atoms with E-state index in [4.69, 9.17) is 4.74 Å². The van der Waals surface area contributed by atoms with Gasteiger partial charge in [0.1, 0.15) is 10.6 Å². The predicted octanol–water partition coefficient (Wildman–Crippen LogP) is 4.25. The van der Waals surface area contributed by atoms with Gasteiger partial charge in [0.2, 0.25) is 0 Å². The summed E-state index contributed by atoms with van der Waals surface area (Å²) in [5.74, 6) is 0.899. The Balaban J connectivity index is 1.92. The van der Waals surface area contributed by atoms with Gasteiger partial charge in [0.25, 0.3) is 10.0 Å². The number of sulfonamides is 1. The van der Waals surface area contributed by atoms with Gasteiger partial charge in [0.15, 0.2) is 5.82 Å². The van der Waals surface area contributed by atoms with E-state index in [1.54, 1.807) is 31.4 Å². The molecule has 27 heavy (non-hydrogen) atoms. The highest BCUT2D eigenvalue weighted by atomic mass is 32.2. The van der Waals surface area contributed by atoms with Gasteiger partial charge in [0.05, 0.1) is 7.11 Å². The first kappa shape index (κ1) is 18.7. The number of nitrogens with zero attached hydrogens (tertiary/aromatic N) is 1. The van der Waals surface area contributed by atoms with Gasteiger partial charge in [-0.25, -0.2) is 13.4 Å². The highest BCUT2D eigenvalue weighted by Gasteiger charge is 2.20. The lowest BCUT2D eigenvalue weighted by Gasteiger charge is -2.14. The quantitative estimate of drug-likeness (QED) is 0.665. The molecule has 0 saturated heterocycles. The maximum absolute atomic E-state index is 12.9. The van der Waals surface area contributed by atoms with Crippen LogP contribution >= 0.6 is 0 Å². The van der Waals surface area contributed by atoms with Crippen LogP contribution in [0, 0.1) is 13.8 Å². The van der Waals surface area contributed by atoms with Crippen molar-refractivity contribution in [3.05, 3.63) is 71.9 Å². The fourth-order valence-electron chi connectivity index (χ4n) is 2.55. The molecule has 7 heteroatoms. The monoisotopic (exact) mass is 383 g/mol. The average Bonchev–Trinajstić information content (AvgIpc) is 2.65. The second-order valence-electron chi connectivity index (χ2n) is 6.11. The highest BCUT2D eigenvalue weighted by molar-refractivity contribution is 7.92. The number of nitrogens with one attached hydrogen (secondary N) is 2. The highest BCUT2D eigenvalue weighted by Crippen LogP contribution is 2.27. The Morgan fingerprint density at radius 3 is 2.48 bits per heavy atom. The van der Waals surface area contributed by atoms with Crippen molar-refractivity contribution >= 4 is 27.2 Å². The lowest BCUT2D eigenvalue weighted by Crippen LogP contribution is -2.15. The number of pyridine rings is 1. The standard InChI is InChI=1S/C20H21N3O3S/c1-14-9-10-17(12-15(14)2)23-27(24,25)19-8-5-11-21-20(19)22-16-6-4-7-18(13-16)26-3/h4-13,23H,1-3H3,(H,21,22). The van der Waals surface area contributed by atoms with Crippen LogP contribution in [0.25, 0.3) is 0 Å². The van der Waals surface area contributed by atoms with Crippen molar-refractivity contribution in [1.29, 1.82) is 0 Å². The molecule has 1 aromatic heterocycles. The molecule has 0 radical (unpaired) electrons. The van der Waals surface area contributed by atoms with E-state index in [2.05, 4.69) is 15.0 Å². The number of anilines is 3. The SMILES string of the molecule is COc1cccc(Nc2ncccc2S(=O)(=O)Nc2ccc(C)c(C)c2)c1. The van der Waals surface area contributed by atoms with Crippen LogP contribution in [0.15, 0.2) is 65.7 Å². The Kier molecular flexibility index (Phi) is 5.32. The number of hydrogen-bond donors (Lipinski definition) is 2. The van der Waals surface area contributed by atoms with Crippen LogP contribution in [0.2, 0.25) is 0 Å². The molecule has 0 spiro atoms.